The second kappa shape index (κ2) is 8.19. The van der Waals surface area contributed by atoms with Crippen LogP contribution in [-0.4, -0.2) is 30.8 Å². The van der Waals surface area contributed by atoms with Crippen LogP contribution < -0.4 is 21.9 Å². The number of ether oxygens (including phenoxy) is 2. The van der Waals surface area contributed by atoms with Crippen LogP contribution in [0.1, 0.15) is 40.8 Å². The fourth-order valence-corrected chi connectivity index (χ4v) is 3.78. The number of nitrogens with zero attached hydrogens (tertiary/aromatic N) is 1. The van der Waals surface area contributed by atoms with E-state index in [-0.39, 0.29) is 12.4 Å². The first-order valence-corrected chi connectivity index (χ1v) is 8.72. The Morgan fingerprint density at radius 2 is 1.62 bits per heavy atom. The summed E-state index contributed by atoms with van der Waals surface area (Å²) in [6, 6.07) is 8.69. The van der Waals surface area contributed by atoms with E-state index in [0.29, 0.717) is 11.8 Å². The van der Waals surface area contributed by atoms with Gasteiger partial charge in [0.15, 0.2) is 11.5 Å². The summed E-state index contributed by atoms with van der Waals surface area (Å²) in [4.78, 5) is 2.47. The SMILES string of the molecule is COc1cc2c(cc1OC)C(C)N(Cc1cc(C)c(O)c(C)c1)CC2.[Cl-]. The first-order valence-electron chi connectivity index (χ1n) is 8.72. The molecule has 0 fully saturated rings. The van der Waals surface area contributed by atoms with Gasteiger partial charge in [-0.25, -0.2) is 0 Å². The van der Waals surface area contributed by atoms with E-state index in [1.54, 1.807) is 14.2 Å². The molecule has 0 saturated heterocycles. The van der Waals surface area contributed by atoms with Gasteiger partial charge in [0.25, 0.3) is 0 Å². The standard InChI is InChI=1S/C21H27NO3.ClH/c1-13-8-16(9-14(2)21(13)23)12-22-7-6-17-10-19(24-4)20(25-5)11-18(17)15(22)3;/h8-11,15,23H,6-7,12H2,1-5H3;1H/p-1. The van der Waals surface area contributed by atoms with Crippen molar-refractivity contribution in [3.8, 4) is 17.2 Å². The van der Waals surface area contributed by atoms with Gasteiger partial charge in [-0.05, 0) is 67.1 Å². The van der Waals surface area contributed by atoms with E-state index in [1.807, 2.05) is 13.8 Å². The van der Waals surface area contributed by atoms with Crippen molar-refractivity contribution in [2.45, 2.75) is 39.8 Å². The van der Waals surface area contributed by atoms with E-state index in [1.165, 1.54) is 16.7 Å². The van der Waals surface area contributed by atoms with Crippen LogP contribution in [0, 0.1) is 13.8 Å². The summed E-state index contributed by atoms with van der Waals surface area (Å²) in [5, 5.41) is 9.99. The number of methoxy groups -OCH3 is 2. The predicted octanol–water partition coefficient (Wildman–Crippen LogP) is 1.15. The largest absolute Gasteiger partial charge is 1.00 e. The number of phenols is 1. The smallest absolute Gasteiger partial charge is 0.161 e. The molecule has 2 aromatic rings. The van der Waals surface area contributed by atoms with Gasteiger partial charge in [0.1, 0.15) is 5.75 Å². The molecule has 4 nitrogen and oxygen atoms in total. The van der Waals surface area contributed by atoms with Crippen molar-refractivity contribution < 1.29 is 27.0 Å². The molecule has 1 unspecified atom stereocenters. The third kappa shape index (κ3) is 3.76. The maximum atomic E-state index is 9.99. The molecule has 1 aliphatic heterocycles. The minimum Gasteiger partial charge on any atom is -1.00 e. The summed E-state index contributed by atoms with van der Waals surface area (Å²) < 4.78 is 10.9. The maximum Gasteiger partial charge on any atom is 0.161 e. The Hall–Kier alpha value is -1.91. The average Bonchev–Trinajstić information content (AvgIpc) is 2.61. The molecule has 5 heteroatoms. The van der Waals surface area contributed by atoms with Crippen molar-refractivity contribution in [1.29, 1.82) is 0 Å². The van der Waals surface area contributed by atoms with E-state index in [9.17, 15) is 5.11 Å². The third-order valence-corrected chi connectivity index (χ3v) is 5.25. The molecule has 0 aromatic heterocycles. The highest BCUT2D eigenvalue weighted by atomic mass is 35.5. The Bertz CT molecular complexity index is 768. The molecule has 1 heterocycles. The highest BCUT2D eigenvalue weighted by Gasteiger charge is 2.26. The number of benzene rings is 2. The van der Waals surface area contributed by atoms with E-state index >= 15 is 0 Å². The molecule has 0 saturated carbocycles. The van der Waals surface area contributed by atoms with Gasteiger partial charge in [0.05, 0.1) is 14.2 Å². The number of aromatic hydroxyl groups is 1. The van der Waals surface area contributed by atoms with Crippen LogP contribution in [0.4, 0.5) is 0 Å². The summed E-state index contributed by atoms with van der Waals surface area (Å²) >= 11 is 0. The van der Waals surface area contributed by atoms with E-state index in [0.717, 1.165) is 42.1 Å². The van der Waals surface area contributed by atoms with Crippen LogP contribution in [-0.2, 0) is 13.0 Å². The lowest BCUT2D eigenvalue weighted by Crippen LogP contribution is -3.00. The molecule has 0 radical (unpaired) electrons. The van der Waals surface area contributed by atoms with Crippen molar-refractivity contribution in [2.24, 2.45) is 0 Å². The second-order valence-corrected chi connectivity index (χ2v) is 6.88. The van der Waals surface area contributed by atoms with Gasteiger partial charge in [-0.15, -0.1) is 0 Å². The summed E-state index contributed by atoms with van der Waals surface area (Å²) in [6.07, 6.45) is 0.996. The van der Waals surface area contributed by atoms with Gasteiger partial charge in [-0.2, -0.15) is 0 Å². The molecule has 26 heavy (non-hydrogen) atoms. The van der Waals surface area contributed by atoms with E-state index < -0.39 is 0 Å². The quantitative estimate of drug-likeness (QED) is 0.869. The minimum atomic E-state index is 0. The number of aryl methyl sites for hydroxylation is 2. The monoisotopic (exact) mass is 376 g/mol. The highest BCUT2D eigenvalue weighted by molar-refractivity contribution is 5.49. The molecular weight excluding hydrogens is 350 g/mol. The fourth-order valence-electron chi connectivity index (χ4n) is 3.78. The third-order valence-electron chi connectivity index (χ3n) is 5.25. The van der Waals surface area contributed by atoms with Crippen LogP contribution in [0.2, 0.25) is 0 Å². The average molecular weight is 377 g/mol. The maximum absolute atomic E-state index is 9.99. The Morgan fingerprint density at radius 3 is 2.19 bits per heavy atom. The zero-order valence-corrected chi connectivity index (χ0v) is 16.9. The Morgan fingerprint density at radius 1 is 1.04 bits per heavy atom. The van der Waals surface area contributed by atoms with Gasteiger partial charge in [-0.3, -0.25) is 4.90 Å². The zero-order chi connectivity index (χ0) is 18.1. The molecule has 0 bridgehead atoms. The topological polar surface area (TPSA) is 41.9 Å². The van der Waals surface area contributed by atoms with Crippen molar-refractivity contribution >= 4 is 0 Å². The van der Waals surface area contributed by atoms with Crippen LogP contribution in [0.25, 0.3) is 0 Å². The Balaban J connectivity index is 0.00000243. The first-order chi connectivity index (χ1) is 11.9. The van der Waals surface area contributed by atoms with Crippen LogP contribution in [0.15, 0.2) is 24.3 Å². The van der Waals surface area contributed by atoms with Gasteiger partial charge >= 0.3 is 0 Å². The molecule has 142 valence electrons. The van der Waals surface area contributed by atoms with E-state index in [4.69, 9.17) is 9.47 Å². The van der Waals surface area contributed by atoms with Gasteiger partial charge in [-0.1, -0.05) is 12.1 Å². The zero-order valence-electron chi connectivity index (χ0n) is 16.1. The highest BCUT2D eigenvalue weighted by Crippen LogP contribution is 2.38. The van der Waals surface area contributed by atoms with Crippen molar-refractivity contribution in [3.63, 3.8) is 0 Å². The molecular formula is C21H27ClNO3-. The molecule has 1 N–H and O–H groups in total. The van der Waals surface area contributed by atoms with Crippen molar-refractivity contribution in [2.75, 3.05) is 20.8 Å². The summed E-state index contributed by atoms with van der Waals surface area (Å²) in [7, 11) is 3.36. The molecule has 1 aliphatic rings. The van der Waals surface area contributed by atoms with Crippen LogP contribution in [0.5, 0.6) is 17.2 Å². The lowest BCUT2D eigenvalue weighted by Gasteiger charge is -2.36. The number of hydrogen-bond acceptors (Lipinski definition) is 4. The molecule has 3 rings (SSSR count). The summed E-state index contributed by atoms with van der Waals surface area (Å²) in [5.74, 6) is 1.98. The second-order valence-electron chi connectivity index (χ2n) is 6.88. The van der Waals surface area contributed by atoms with Crippen LogP contribution >= 0.6 is 0 Å². The molecule has 0 spiro atoms. The number of phenolic OH excluding ortho intramolecular Hbond substituents is 1. The van der Waals surface area contributed by atoms with Gasteiger partial charge in [0, 0.05) is 19.1 Å². The van der Waals surface area contributed by atoms with E-state index in [2.05, 4.69) is 36.1 Å². The number of halogens is 1. The lowest BCUT2D eigenvalue weighted by atomic mass is 9.92. The fraction of sp³-hybridized carbons (Fsp3) is 0.429. The number of rotatable bonds is 4. The summed E-state index contributed by atoms with van der Waals surface area (Å²) in [6.45, 7) is 8.03. The number of hydrogen-bond donors (Lipinski definition) is 1. The van der Waals surface area contributed by atoms with Gasteiger partial charge < -0.3 is 27.0 Å². The normalized spacial score (nSPS) is 16.6. The summed E-state index contributed by atoms with van der Waals surface area (Å²) in [5.41, 5.74) is 5.75. The first kappa shape index (κ1) is 20.4. The number of fused-ring (bicyclic) bond motifs is 1. The van der Waals surface area contributed by atoms with Crippen molar-refractivity contribution in [3.05, 3.63) is 52.1 Å². The molecule has 2 aromatic carbocycles. The van der Waals surface area contributed by atoms with Gasteiger partial charge in [0.2, 0.25) is 0 Å². The Labute approximate surface area is 162 Å². The molecule has 0 aliphatic carbocycles. The lowest BCUT2D eigenvalue weighted by molar-refractivity contribution is -0.00000676. The van der Waals surface area contributed by atoms with Crippen molar-refractivity contribution in [1.82, 2.24) is 4.90 Å². The minimum absolute atomic E-state index is 0. The predicted molar refractivity (Wildman–Crippen MR) is 99.7 cm³/mol. The molecule has 0 amide bonds. The Kier molecular flexibility index (Phi) is 6.43. The van der Waals surface area contributed by atoms with Crippen LogP contribution in [0.3, 0.4) is 0 Å². The molecule has 1 atom stereocenters.